The van der Waals surface area contributed by atoms with Gasteiger partial charge in [-0.1, -0.05) is 28.1 Å². The van der Waals surface area contributed by atoms with Crippen LogP contribution < -0.4 is 0 Å². The summed E-state index contributed by atoms with van der Waals surface area (Å²) in [6, 6.07) is 5.26. The lowest BCUT2D eigenvalue weighted by Crippen LogP contribution is -2.15. The van der Waals surface area contributed by atoms with E-state index in [4.69, 9.17) is 4.74 Å². The zero-order valence-electron chi connectivity index (χ0n) is 8.66. The maximum Gasteiger partial charge on any atom is 0.339 e. The summed E-state index contributed by atoms with van der Waals surface area (Å²) in [6.45, 7) is 3.91. The molecule has 3 nitrogen and oxygen atoms in total. The summed E-state index contributed by atoms with van der Waals surface area (Å²) < 4.78 is 5.59. The highest BCUT2D eigenvalue weighted by atomic mass is 79.9. The van der Waals surface area contributed by atoms with Gasteiger partial charge in [-0.2, -0.15) is 0 Å². The van der Waals surface area contributed by atoms with E-state index in [2.05, 4.69) is 15.9 Å². The molecule has 0 aliphatic rings. The van der Waals surface area contributed by atoms with Crippen molar-refractivity contribution in [3.8, 4) is 0 Å². The van der Waals surface area contributed by atoms with Gasteiger partial charge < -0.3 is 9.84 Å². The van der Waals surface area contributed by atoms with Crippen LogP contribution in [0.5, 0.6) is 0 Å². The molecule has 0 amide bonds. The van der Waals surface area contributed by atoms with Crippen LogP contribution in [0.2, 0.25) is 0 Å². The molecule has 4 heteroatoms. The molecular weight excluding hydrogens is 260 g/mol. The van der Waals surface area contributed by atoms with Crippen LogP contribution in [0.3, 0.4) is 0 Å². The van der Waals surface area contributed by atoms with E-state index in [1.54, 1.807) is 19.1 Å². The number of aliphatic hydroxyl groups is 1. The molecule has 82 valence electrons. The maximum absolute atomic E-state index is 11.3. The normalized spacial score (nSPS) is 12.3. The van der Waals surface area contributed by atoms with Crippen molar-refractivity contribution in [2.75, 3.05) is 6.61 Å². The van der Waals surface area contributed by atoms with E-state index < -0.39 is 12.1 Å². The van der Waals surface area contributed by atoms with Crippen molar-refractivity contribution < 1.29 is 14.6 Å². The molecule has 1 atom stereocenters. The monoisotopic (exact) mass is 272 g/mol. The second-order valence-electron chi connectivity index (χ2n) is 3.16. The Morgan fingerprint density at radius 1 is 1.60 bits per heavy atom. The zero-order chi connectivity index (χ0) is 11.4. The molecule has 1 aromatic rings. The van der Waals surface area contributed by atoms with Gasteiger partial charge in [0.1, 0.15) is 0 Å². The molecule has 1 aromatic carbocycles. The number of carbonyl (C=O) groups is 1. The fraction of sp³-hybridized carbons (Fsp3) is 0.364. The predicted octanol–water partition coefficient (Wildman–Crippen LogP) is 2.35. The minimum atomic E-state index is -1.21. The molecule has 0 aromatic heterocycles. The van der Waals surface area contributed by atoms with Crippen molar-refractivity contribution in [1.29, 1.82) is 0 Å². The van der Waals surface area contributed by atoms with Gasteiger partial charge in [0.2, 0.25) is 0 Å². The Bertz CT molecular complexity index is 363. The molecule has 0 aliphatic heterocycles. The van der Waals surface area contributed by atoms with Crippen LogP contribution in [0.1, 0.15) is 24.2 Å². The highest BCUT2D eigenvalue weighted by Gasteiger charge is 2.18. The topological polar surface area (TPSA) is 46.5 Å². The number of esters is 1. The van der Waals surface area contributed by atoms with E-state index in [9.17, 15) is 9.90 Å². The van der Waals surface area contributed by atoms with E-state index in [-0.39, 0.29) is 6.61 Å². The Hall–Kier alpha value is -0.870. The van der Waals surface area contributed by atoms with E-state index >= 15 is 0 Å². The Kier molecular flexibility index (Phi) is 4.29. The van der Waals surface area contributed by atoms with Gasteiger partial charge in [0.15, 0.2) is 6.10 Å². The Labute approximate surface area is 97.2 Å². The van der Waals surface area contributed by atoms with Crippen LogP contribution >= 0.6 is 15.9 Å². The van der Waals surface area contributed by atoms with Crippen molar-refractivity contribution in [3.63, 3.8) is 0 Å². The third-order valence-corrected chi connectivity index (χ3v) is 2.88. The predicted molar refractivity (Wildman–Crippen MR) is 60.5 cm³/mol. The van der Waals surface area contributed by atoms with Gasteiger partial charge in [0, 0.05) is 4.47 Å². The molecule has 0 bridgehead atoms. The average Bonchev–Trinajstić information content (AvgIpc) is 2.21. The van der Waals surface area contributed by atoms with Gasteiger partial charge in [-0.15, -0.1) is 0 Å². The van der Waals surface area contributed by atoms with Crippen molar-refractivity contribution in [3.05, 3.63) is 33.8 Å². The molecular formula is C11H13BrO3. The molecule has 1 rings (SSSR count). The first kappa shape index (κ1) is 12.2. The first-order valence-corrected chi connectivity index (χ1v) is 5.46. The summed E-state index contributed by atoms with van der Waals surface area (Å²) in [6.07, 6.45) is -1.21. The van der Waals surface area contributed by atoms with Crippen molar-refractivity contribution in [2.45, 2.75) is 20.0 Å². The van der Waals surface area contributed by atoms with E-state index in [0.717, 1.165) is 10.0 Å². The third kappa shape index (κ3) is 3.04. The molecule has 1 unspecified atom stereocenters. The SMILES string of the molecule is CCOC(=O)C(O)c1ccc(C)c(Br)c1. The number of aliphatic hydroxyl groups excluding tert-OH is 1. The second kappa shape index (κ2) is 5.28. The van der Waals surface area contributed by atoms with E-state index in [1.807, 2.05) is 13.0 Å². The molecule has 0 fully saturated rings. The fourth-order valence-corrected chi connectivity index (χ4v) is 1.53. The maximum atomic E-state index is 11.3. The van der Waals surface area contributed by atoms with Gasteiger partial charge in [0.25, 0.3) is 0 Å². The highest BCUT2D eigenvalue weighted by Crippen LogP contribution is 2.22. The Morgan fingerprint density at radius 3 is 2.80 bits per heavy atom. The summed E-state index contributed by atoms with van der Waals surface area (Å²) in [4.78, 5) is 11.3. The lowest BCUT2D eigenvalue weighted by molar-refractivity contribution is -0.153. The highest BCUT2D eigenvalue weighted by molar-refractivity contribution is 9.10. The zero-order valence-corrected chi connectivity index (χ0v) is 10.2. The summed E-state index contributed by atoms with van der Waals surface area (Å²) in [5, 5.41) is 9.64. The number of hydrogen-bond donors (Lipinski definition) is 1. The van der Waals surface area contributed by atoms with E-state index in [1.165, 1.54) is 0 Å². The molecule has 1 N–H and O–H groups in total. The van der Waals surface area contributed by atoms with Gasteiger partial charge >= 0.3 is 5.97 Å². The van der Waals surface area contributed by atoms with Crippen LogP contribution in [-0.4, -0.2) is 17.7 Å². The largest absolute Gasteiger partial charge is 0.464 e. The number of aryl methyl sites for hydroxylation is 1. The molecule has 0 saturated heterocycles. The molecule has 0 radical (unpaired) electrons. The van der Waals surface area contributed by atoms with Crippen molar-refractivity contribution in [2.24, 2.45) is 0 Å². The fourth-order valence-electron chi connectivity index (χ4n) is 1.14. The minimum absolute atomic E-state index is 0.267. The van der Waals surface area contributed by atoms with E-state index in [0.29, 0.717) is 5.56 Å². The summed E-state index contributed by atoms with van der Waals surface area (Å²) in [5.41, 5.74) is 1.58. The molecule has 0 saturated carbocycles. The van der Waals surface area contributed by atoms with Crippen molar-refractivity contribution >= 4 is 21.9 Å². The standard InChI is InChI=1S/C11H13BrO3/c1-3-15-11(14)10(13)8-5-4-7(2)9(12)6-8/h4-6,10,13H,3H2,1-2H3. The van der Waals surface area contributed by atoms with Crippen molar-refractivity contribution in [1.82, 2.24) is 0 Å². The summed E-state index contributed by atoms with van der Waals surface area (Å²) in [7, 11) is 0. The molecule has 0 heterocycles. The summed E-state index contributed by atoms with van der Waals surface area (Å²) >= 11 is 3.34. The quantitative estimate of drug-likeness (QED) is 0.860. The lowest BCUT2D eigenvalue weighted by Gasteiger charge is -2.10. The number of rotatable bonds is 3. The average molecular weight is 273 g/mol. The number of benzene rings is 1. The van der Waals surface area contributed by atoms with Crippen LogP contribution in [0, 0.1) is 6.92 Å². The number of hydrogen-bond acceptors (Lipinski definition) is 3. The summed E-state index contributed by atoms with van der Waals surface area (Å²) in [5.74, 6) is -0.617. The number of carbonyl (C=O) groups excluding carboxylic acids is 1. The van der Waals surface area contributed by atoms with Gasteiger partial charge in [-0.25, -0.2) is 4.79 Å². The third-order valence-electron chi connectivity index (χ3n) is 2.02. The van der Waals surface area contributed by atoms with Gasteiger partial charge in [-0.3, -0.25) is 0 Å². The second-order valence-corrected chi connectivity index (χ2v) is 4.02. The molecule has 0 aliphatic carbocycles. The number of halogens is 1. The smallest absolute Gasteiger partial charge is 0.339 e. The van der Waals surface area contributed by atoms with Crippen LogP contribution in [0.15, 0.2) is 22.7 Å². The first-order chi connectivity index (χ1) is 7.06. The van der Waals surface area contributed by atoms with Gasteiger partial charge in [-0.05, 0) is 31.0 Å². The molecule has 15 heavy (non-hydrogen) atoms. The number of ether oxygens (including phenoxy) is 1. The van der Waals surface area contributed by atoms with Gasteiger partial charge in [0.05, 0.1) is 6.61 Å². The Balaban J connectivity index is 2.86. The van der Waals surface area contributed by atoms with Crippen LogP contribution in [-0.2, 0) is 9.53 Å². The minimum Gasteiger partial charge on any atom is -0.464 e. The van der Waals surface area contributed by atoms with Crippen LogP contribution in [0.25, 0.3) is 0 Å². The Morgan fingerprint density at radius 2 is 2.27 bits per heavy atom. The van der Waals surface area contributed by atoms with Crippen LogP contribution in [0.4, 0.5) is 0 Å². The first-order valence-electron chi connectivity index (χ1n) is 4.67. The lowest BCUT2D eigenvalue weighted by atomic mass is 10.1. The molecule has 0 spiro atoms.